The van der Waals surface area contributed by atoms with E-state index in [2.05, 4.69) is 15.7 Å². The van der Waals surface area contributed by atoms with Crippen LogP contribution in [0.3, 0.4) is 0 Å². The number of aromatic nitrogens is 2. The van der Waals surface area contributed by atoms with Crippen LogP contribution in [0.25, 0.3) is 11.0 Å². The van der Waals surface area contributed by atoms with E-state index in [1.165, 1.54) is 5.69 Å². The molecule has 0 unspecified atom stereocenters. The molecule has 6 heteroatoms. The number of nitrogens with one attached hydrogen (secondary N) is 2. The van der Waals surface area contributed by atoms with Gasteiger partial charge in [-0.05, 0) is 31.4 Å². The Hall–Kier alpha value is -2.76. The predicted octanol–water partition coefficient (Wildman–Crippen LogP) is 3.04. The lowest BCUT2D eigenvalue weighted by Crippen LogP contribution is -2.38. The Bertz CT molecular complexity index is 847. The molecule has 1 aromatic carbocycles. The number of amides is 2. The molecule has 6 nitrogen and oxygen atoms in total. The van der Waals surface area contributed by atoms with Gasteiger partial charge in [-0.15, -0.1) is 0 Å². The number of furan rings is 1. The molecule has 124 valence electrons. The Morgan fingerprint density at radius 1 is 1.42 bits per heavy atom. The summed E-state index contributed by atoms with van der Waals surface area (Å²) in [4.78, 5) is 12.2. The summed E-state index contributed by atoms with van der Waals surface area (Å²) < 4.78 is 7.61. The van der Waals surface area contributed by atoms with Gasteiger partial charge in [0, 0.05) is 23.7 Å². The van der Waals surface area contributed by atoms with Gasteiger partial charge in [-0.1, -0.05) is 18.2 Å². The summed E-state index contributed by atoms with van der Waals surface area (Å²) in [5.41, 5.74) is 3.17. The van der Waals surface area contributed by atoms with E-state index >= 15 is 0 Å². The summed E-state index contributed by atoms with van der Waals surface area (Å²) in [5, 5.41) is 11.3. The van der Waals surface area contributed by atoms with Gasteiger partial charge in [0.15, 0.2) is 0 Å². The first-order valence-corrected chi connectivity index (χ1v) is 8.23. The molecule has 0 radical (unpaired) electrons. The fraction of sp³-hybridized carbons (Fsp3) is 0.333. The molecule has 24 heavy (non-hydrogen) atoms. The lowest BCUT2D eigenvalue weighted by molar-refractivity contribution is 0.234. The Morgan fingerprint density at radius 2 is 2.29 bits per heavy atom. The average molecular weight is 324 g/mol. The van der Waals surface area contributed by atoms with Crippen molar-refractivity contribution in [2.24, 2.45) is 7.05 Å². The van der Waals surface area contributed by atoms with Crippen LogP contribution in [0.2, 0.25) is 0 Å². The van der Waals surface area contributed by atoms with Gasteiger partial charge < -0.3 is 15.1 Å². The van der Waals surface area contributed by atoms with E-state index in [1.807, 2.05) is 48.3 Å². The van der Waals surface area contributed by atoms with Gasteiger partial charge in [0.1, 0.15) is 11.3 Å². The summed E-state index contributed by atoms with van der Waals surface area (Å²) in [7, 11) is 1.95. The summed E-state index contributed by atoms with van der Waals surface area (Å²) in [5.74, 6) is 0.747. The number of carbonyl (C=O) groups is 1. The maximum atomic E-state index is 12.2. The van der Waals surface area contributed by atoms with Crippen LogP contribution in [0, 0.1) is 0 Å². The number of fused-ring (bicyclic) bond motifs is 2. The van der Waals surface area contributed by atoms with E-state index in [9.17, 15) is 4.79 Å². The van der Waals surface area contributed by atoms with Gasteiger partial charge >= 0.3 is 6.03 Å². The summed E-state index contributed by atoms with van der Waals surface area (Å²) in [6.07, 6.45) is 4.88. The largest absolute Gasteiger partial charge is 0.459 e. The Balaban J connectivity index is 1.39. The molecule has 4 rings (SSSR count). The normalized spacial score (nSPS) is 16.8. The second-order valence-corrected chi connectivity index (χ2v) is 6.19. The second kappa shape index (κ2) is 6.03. The highest BCUT2D eigenvalue weighted by Gasteiger charge is 2.24. The van der Waals surface area contributed by atoms with Crippen LogP contribution in [0.1, 0.15) is 35.9 Å². The number of rotatable bonds is 3. The van der Waals surface area contributed by atoms with Gasteiger partial charge in [-0.2, -0.15) is 5.10 Å². The maximum absolute atomic E-state index is 12.2. The van der Waals surface area contributed by atoms with Crippen molar-refractivity contribution in [2.75, 3.05) is 0 Å². The Morgan fingerprint density at radius 3 is 3.17 bits per heavy atom. The van der Waals surface area contributed by atoms with E-state index in [-0.39, 0.29) is 12.1 Å². The molecule has 1 aliphatic carbocycles. The number of aryl methyl sites for hydroxylation is 1. The van der Waals surface area contributed by atoms with Crippen LogP contribution in [-0.4, -0.2) is 15.8 Å². The number of carbonyl (C=O) groups excluding carboxylic acids is 1. The Labute approximate surface area is 139 Å². The van der Waals surface area contributed by atoms with Crippen molar-refractivity contribution in [3.8, 4) is 0 Å². The molecule has 2 heterocycles. The number of benzene rings is 1. The van der Waals surface area contributed by atoms with Crippen LogP contribution in [-0.2, 0) is 20.0 Å². The molecule has 1 aliphatic rings. The molecule has 2 aromatic heterocycles. The first-order valence-electron chi connectivity index (χ1n) is 8.23. The highest BCUT2D eigenvalue weighted by Crippen LogP contribution is 2.29. The lowest BCUT2D eigenvalue weighted by atomic mass is 9.93. The number of para-hydroxylation sites is 1. The topological polar surface area (TPSA) is 72.1 Å². The minimum atomic E-state index is -0.183. The van der Waals surface area contributed by atoms with Crippen molar-refractivity contribution < 1.29 is 9.21 Å². The molecule has 0 saturated heterocycles. The van der Waals surface area contributed by atoms with Gasteiger partial charge in [-0.25, -0.2) is 4.79 Å². The van der Waals surface area contributed by atoms with Crippen LogP contribution >= 0.6 is 0 Å². The monoisotopic (exact) mass is 324 g/mol. The third kappa shape index (κ3) is 2.75. The Kier molecular flexibility index (Phi) is 3.72. The molecule has 1 atom stereocenters. The van der Waals surface area contributed by atoms with Crippen LogP contribution < -0.4 is 10.6 Å². The van der Waals surface area contributed by atoms with Crippen molar-refractivity contribution in [1.82, 2.24) is 20.4 Å². The highest BCUT2D eigenvalue weighted by atomic mass is 16.3. The zero-order valence-corrected chi connectivity index (χ0v) is 13.6. The van der Waals surface area contributed by atoms with Gasteiger partial charge in [-0.3, -0.25) is 4.68 Å². The molecule has 0 fully saturated rings. The van der Waals surface area contributed by atoms with E-state index < -0.39 is 0 Å². The van der Waals surface area contributed by atoms with Crippen molar-refractivity contribution in [1.29, 1.82) is 0 Å². The van der Waals surface area contributed by atoms with Gasteiger partial charge in [0.2, 0.25) is 0 Å². The molecule has 0 saturated carbocycles. The van der Waals surface area contributed by atoms with E-state index in [4.69, 9.17) is 4.42 Å². The molecule has 2 N–H and O–H groups in total. The smallest absolute Gasteiger partial charge is 0.315 e. The van der Waals surface area contributed by atoms with Gasteiger partial charge in [0.05, 0.1) is 18.8 Å². The standard InChI is InChI=1S/C18H20N4O2/c1-22-16-7-4-6-15(14(16)11-20-22)21-18(23)19-10-13-9-12-5-2-3-8-17(12)24-13/h2-3,5,8-9,11,15H,4,6-7,10H2,1H3,(H2,19,21,23)/t15-/m1/s1. The number of hydrogen-bond donors (Lipinski definition) is 2. The third-order valence-electron chi connectivity index (χ3n) is 4.58. The predicted molar refractivity (Wildman–Crippen MR) is 90.5 cm³/mol. The van der Waals surface area contributed by atoms with Crippen molar-refractivity contribution in [2.45, 2.75) is 31.8 Å². The lowest BCUT2D eigenvalue weighted by Gasteiger charge is -2.23. The van der Waals surface area contributed by atoms with Crippen LogP contribution in [0.15, 0.2) is 40.9 Å². The zero-order chi connectivity index (χ0) is 16.5. The minimum absolute atomic E-state index is 0.0260. The molecule has 2 amide bonds. The van der Waals surface area contributed by atoms with Crippen LogP contribution in [0.4, 0.5) is 4.79 Å². The first-order chi connectivity index (χ1) is 11.7. The quantitative estimate of drug-likeness (QED) is 0.778. The van der Waals surface area contributed by atoms with Crippen molar-refractivity contribution in [3.63, 3.8) is 0 Å². The molecule has 0 bridgehead atoms. The summed E-state index contributed by atoms with van der Waals surface area (Å²) in [6.45, 7) is 0.368. The van der Waals surface area contributed by atoms with E-state index in [0.717, 1.165) is 41.6 Å². The average Bonchev–Trinajstić information content (AvgIpc) is 3.17. The second-order valence-electron chi connectivity index (χ2n) is 6.19. The maximum Gasteiger partial charge on any atom is 0.315 e. The number of urea groups is 1. The van der Waals surface area contributed by atoms with Gasteiger partial charge in [0.25, 0.3) is 0 Å². The van der Waals surface area contributed by atoms with Crippen LogP contribution in [0.5, 0.6) is 0 Å². The number of hydrogen-bond acceptors (Lipinski definition) is 3. The SMILES string of the molecule is Cn1ncc2c1CCC[C@H]2NC(=O)NCc1cc2ccccc2o1. The summed E-state index contributed by atoms with van der Waals surface area (Å²) in [6, 6.07) is 9.62. The fourth-order valence-electron chi connectivity index (χ4n) is 3.36. The molecule has 0 spiro atoms. The van der Waals surface area contributed by atoms with E-state index in [1.54, 1.807) is 0 Å². The molecular formula is C18H20N4O2. The zero-order valence-electron chi connectivity index (χ0n) is 13.6. The number of nitrogens with zero attached hydrogens (tertiary/aromatic N) is 2. The minimum Gasteiger partial charge on any atom is -0.459 e. The molecular weight excluding hydrogens is 304 g/mol. The highest BCUT2D eigenvalue weighted by molar-refractivity contribution is 5.78. The third-order valence-corrected chi connectivity index (χ3v) is 4.58. The molecule has 0 aliphatic heterocycles. The van der Waals surface area contributed by atoms with Crippen molar-refractivity contribution >= 4 is 17.0 Å². The summed E-state index contributed by atoms with van der Waals surface area (Å²) >= 11 is 0. The molecule has 3 aromatic rings. The van der Waals surface area contributed by atoms with E-state index in [0.29, 0.717) is 6.54 Å². The fourth-order valence-corrected chi connectivity index (χ4v) is 3.36. The van der Waals surface area contributed by atoms with Crippen molar-refractivity contribution in [3.05, 3.63) is 53.5 Å². The first kappa shape index (κ1) is 14.8.